The summed E-state index contributed by atoms with van der Waals surface area (Å²) < 4.78 is 11.6. The van der Waals surface area contributed by atoms with Gasteiger partial charge in [-0.3, -0.25) is 4.79 Å². The van der Waals surface area contributed by atoms with E-state index in [1.165, 1.54) is 16.2 Å². The van der Waals surface area contributed by atoms with Gasteiger partial charge < -0.3 is 14.4 Å². The second-order valence-electron chi connectivity index (χ2n) is 6.15. The molecule has 1 amide bonds. The predicted molar refractivity (Wildman–Crippen MR) is 109 cm³/mol. The Labute approximate surface area is 171 Å². The van der Waals surface area contributed by atoms with Gasteiger partial charge in [-0.15, -0.1) is 11.3 Å². The monoisotopic (exact) mass is 418 g/mol. The van der Waals surface area contributed by atoms with Crippen LogP contribution in [0.2, 0.25) is 5.02 Å². The highest BCUT2D eigenvalue weighted by Crippen LogP contribution is 2.22. The Bertz CT molecular complexity index is 941. The van der Waals surface area contributed by atoms with Crippen LogP contribution in [0.5, 0.6) is 5.75 Å². The number of aromatic nitrogens is 1. The van der Waals surface area contributed by atoms with Gasteiger partial charge >= 0.3 is 5.97 Å². The molecule has 0 aliphatic heterocycles. The molecule has 2 aromatic carbocycles. The van der Waals surface area contributed by atoms with Gasteiger partial charge in [0.15, 0.2) is 12.7 Å². The van der Waals surface area contributed by atoms with Crippen molar-refractivity contribution in [3.63, 3.8) is 0 Å². The second-order valence-corrected chi connectivity index (χ2v) is 7.70. The quantitative estimate of drug-likeness (QED) is 0.544. The van der Waals surface area contributed by atoms with Gasteiger partial charge in [0.25, 0.3) is 5.91 Å². The molecule has 0 fully saturated rings. The van der Waals surface area contributed by atoms with Crippen molar-refractivity contribution < 1.29 is 19.1 Å². The molecule has 3 rings (SSSR count). The molecule has 1 atom stereocenters. The molecule has 0 aliphatic carbocycles. The molecular formula is C20H19ClN2O4S. The fourth-order valence-corrected chi connectivity index (χ4v) is 3.55. The highest BCUT2D eigenvalue weighted by atomic mass is 35.5. The fraction of sp³-hybridized carbons (Fsp3) is 0.250. The van der Waals surface area contributed by atoms with E-state index in [1.54, 1.807) is 38.2 Å². The molecule has 0 spiro atoms. The number of rotatable bonds is 7. The summed E-state index contributed by atoms with van der Waals surface area (Å²) in [7, 11) is 1.65. The lowest BCUT2D eigenvalue weighted by atomic mass is 10.3. The smallest absolute Gasteiger partial charge is 0.347 e. The van der Waals surface area contributed by atoms with Gasteiger partial charge in [0.1, 0.15) is 10.8 Å². The van der Waals surface area contributed by atoms with E-state index < -0.39 is 12.1 Å². The van der Waals surface area contributed by atoms with Crippen LogP contribution in [0.3, 0.4) is 0 Å². The van der Waals surface area contributed by atoms with E-state index in [1.807, 2.05) is 24.3 Å². The molecule has 146 valence electrons. The SMILES string of the molecule is C[C@H](Oc1ccc(Cl)cc1)C(=O)OCC(=O)N(C)Cc1nc2ccccc2s1. The number of halogens is 1. The zero-order valence-corrected chi connectivity index (χ0v) is 17.0. The number of carbonyl (C=O) groups excluding carboxylic acids is 2. The van der Waals surface area contributed by atoms with Gasteiger partial charge in [-0.1, -0.05) is 23.7 Å². The van der Waals surface area contributed by atoms with Crippen molar-refractivity contribution in [3.05, 3.63) is 58.6 Å². The maximum Gasteiger partial charge on any atom is 0.347 e. The molecule has 0 unspecified atom stereocenters. The molecular weight excluding hydrogens is 400 g/mol. The van der Waals surface area contributed by atoms with Crippen LogP contribution in [0.1, 0.15) is 11.9 Å². The third-order valence-corrected chi connectivity index (χ3v) is 5.21. The van der Waals surface area contributed by atoms with E-state index >= 15 is 0 Å². The summed E-state index contributed by atoms with van der Waals surface area (Å²) in [4.78, 5) is 30.3. The molecule has 0 radical (unpaired) electrons. The molecule has 28 heavy (non-hydrogen) atoms. The van der Waals surface area contributed by atoms with Crippen LogP contribution >= 0.6 is 22.9 Å². The van der Waals surface area contributed by atoms with Crippen LogP contribution in [-0.2, 0) is 20.9 Å². The number of carbonyl (C=O) groups is 2. The van der Waals surface area contributed by atoms with Crippen molar-refractivity contribution >= 4 is 45.0 Å². The molecule has 0 saturated carbocycles. The third kappa shape index (κ3) is 5.21. The first-order valence-corrected chi connectivity index (χ1v) is 9.79. The molecule has 0 bridgehead atoms. The van der Waals surface area contributed by atoms with E-state index in [-0.39, 0.29) is 12.5 Å². The maximum atomic E-state index is 12.3. The maximum absolute atomic E-state index is 12.3. The minimum absolute atomic E-state index is 0.314. The number of benzene rings is 2. The Morgan fingerprint density at radius 3 is 2.61 bits per heavy atom. The molecule has 8 heteroatoms. The van der Waals surface area contributed by atoms with Crippen molar-refractivity contribution in [2.75, 3.05) is 13.7 Å². The molecule has 1 aromatic heterocycles. The average molecular weight is 419 g/mol. The van der Waals surface area contributed by atoms with E-state index in [4.69, 9.17) is 21.1 Å². The van der Waals surface area contributed by atoms with E-state index in [0.717, 1.165) is 15.2 Å². The minimum Gasteiger partial charge on any atom is -0.479 e. The number of thiazole rings is 1. The Hall–Kier alpha value is -2.64. The van der Waals surface area contributed by atoms with E-state index in [0.29, 0.717) is 17.3 Å². The summed E-state index contributed by atoms with van der Waals surface area (Å²) in [5, 5.41) is 1.40. The highest BCUT2D eigenvalue weighted by Gasteiger charge is 2.19. The van der Waals surface area contributed by atoms with E-state index in [2.05, 4.69) is 4.98 Å². The number of hydrogen-bond donors (Lipinski definition) is 0. The van der Waals surface area contributed by atoms with Crippen LogP contribution in [0.25, 0.3) is 10.2 Å². The number of para-hydroxylation sites is 1. The van der Waals surface area contributed by atoms with Crippen LogP contribution in [0, 0.1) is 0 Å². The van der Waals surface area contributed by atoms with Crippen LogP contribution < -0.4 is 4.74 Å². The van der Waals surface area contributed by atoms with Gasteiger partial charge in [0, 0.05) is 12.1 Å². The molecule has 6 nitrogen and oxygen atoms in total. The fourth-order valence-electron chi connectivity index (χ4n) is 2.40. The number of amides is 1. The molecule has 0 N–H and O–H groups in total. The summed E-state index contributed by atoms with van der Waals surface area (Å²) >= 11 is 7.35. The third-order valence-electron chi connectivity index (χ3n) is 3.93. The van der Waals surface area contributed by atoms with Gasteiger partial charge in [-0.2, -0.15) is 0 Å². The highest BCUT2D eigenvalue weighted by molar-refractivity contribution is 7.18. The minimum atomic E-state index is -0.844. The van der Waals surface area contributed by atoms with Crippen molar-refractivity contribution in [2.45, 2.75) is 19.6 Å². The van der Waals surface area contributed by atoms with Crippen LogP contribution in [-0.4, -0.2) is 41.5 Å². The normalized spacial score (nSPS) is 11.8. The summed E-state index contributed by atoms with van der Waals surface area (Å²) in [5.74, 6) is -0.434. The molecule has 3 aromatic rings. The first-order chi connectivity index (χ1) is 13.4. The van der Waals surface area contributed by atoms with Crippen molar-refractivity contribution in [1.82, 2.24) is 9.88 Å². The first-order valence-electron chi connectivity index (χ1n) is 8.59. The Morgan fingerprint density at radius 2 is 1.89 bits per heavy atom. The average Bonchev–Trinajstić information content (AvgIpc) is 3.09. The number of ether oxygens (including phenoxy) is 2. The van der Waals surface area contributed by atoms with Crippen molar-refractivity contribution in [1.29, 1.82) is 0 Å². The molecule has 0 saturated heterocycles. The number of nitrogens with zero attached hydrogens (tertiary/aromatic N) is 2. The van der Waals surface area contributed by atoms with Crippen LogP contribution in [0.15, 0.2) is 48.5 Å². The summed E-state index contributed by atoms with van der Waals surface area (Å²) in [5.41, 5.74) is 0.906. The zero-order valence-electron chi connectivity index (χ0n) is 15.4. The summed E-state index contributed by atoms with van der Waals surface area (Å²) in [6.07, 6.45) is -0.844. The number of likely N-dealkylation sites (N-methyl/N-ethyl adjacent to an activating group) is 1. The van der Waals surface area contributed by atoms with E-state index in [9.17, 15) is 9.59 Å². The number of esters is 1. The van der Waals surface area contributed by atoms with Gasteiger partial charge in [-0.05, 0) is 43.3 Å². The Morgan fingerprint density at radius 1 is 1.18 bits per heavy atom. The summed E-state index contributed by atoms with van der Waals surface area (Å²) in [6.45, 7) is 1.56. The van der Waals surface area contributed by atoms with Gasteiger partial charge in [-0.25, -0.2) is 9.78 Å². The first kappa shape index (κ1) is 20.1. The second kappa shape index (κ2) is 9.03. The molecule has 1 heterocycles. The standard InChI is InChI=1S/C20H19ClN2O4S/c1-13(27-15-9-7-14(21)8-10-15)20(25)26-12-19(24)23(2)11-18-22-16-5-3-4-6-17(16)28-18/h3-10,13H,11-12H2,1-2H3/t13-/m0/s1. The van der Waals surface area contributed by atoms with Gasteiger partial charge in [0.05, 0.1) is 16.8 Å². The zero-order chi connectivity index (χ0) is 20.1. The van der Waals surface area contributed by atoms with Crippen LogP contribution in [0.4, 0.5) is 0 Å². The van der Waals surface area contributed by atoms with Crippen molar-refractivity contribution in [2.24, 2.45) is 0 Å². The Balaban J connectivity index is 1.48. The van der Waals surface area contributed by atoms with Crippen molar-refractivity contribution in [3.8, 4) is 5.75 Å². The number of hydrogen-bond acceptors (Lipinski definition) is 6. The largest absolute Gasteiger partial charge is 0.479 e. The topological polar surface area (TPSA) is 68.7 Å². The number of fused-ring (bicyclic) bond motifs is 1. The summed E-state index contributed by atoms with van der Waals surface area (Å²) in [6, 6.07) is 14.4. The Kier molecular flexibility index (Phi) is 6.49. The lowest BCUT2D eigenvalue weighted by Gasteiger charge is -2.17. The molecule has 0 aliphatic rings. The predicted octanol–water partition coefficient (Wildman–Crippen LogP) is 3.92. The lowest BCUT2D eigenvalue weighted by Crippen LogP contribution is -2.33. The lowest BCUT2D eigenvalue weighted by molar-refractivity contribution is -0.157. The van der Waals surface area contributed by atoms with Gasteiger partial charge in [0.2, 0.25) is 0 Å².